The first-order valence-corrected chi connectivity index (χ1v) is 3.35. The van der Waals surface area contributed by atoms with Gasteiger partial charge in [-0.05, 0) is 13.0 Å². The molecule has 0 aromatic heterocycles. The molecule has 0 aliphatic carbocycles. The highest BCUT2D eigenvalue weighted by Crippen LogP contribution is 2.06. The van der Waals surface area contributed by atoms with Crippen molar-refractivity contribution in [2.24, 2.45) is 0 Å². The molecule has 2 nitrogen and oxygen atoms in total. The van der Waals surface area contributed by atoms with Gasteiger partial charge >= 0.3 is 5.97 Å². The average Bonchev–Trinajstić information content (AvgIpc) is 2.00. The molecular formula is C7H9F3O2. The molecule has 0 amide bonds. The SMILES string of the molecule is CCOC(=O)C=CC(F)C(F)F. The zero-order valence-electron chi connectivity index (χ0n) is 6.47. The van der Waals surface area contributed by atoms with Crippen LogP contribution < -0.4 is 0 Å². The van der Waals surface area contributed by atoms with Crippen LogP contribution in [0, 0.1) is 0 Å². The fourth-order valence-electron chi connectivity index (χ4n) is 0.445. The summed E-state index contributed by atoms with van der Waals surface area (Å²) in [5.41, 5.74) is 0. The number of carbonyl (C=O) groups excluding carboxylic acids is 1. The Bertz CT molecular complexity index is 168. The Morgan fingerprint density at radius 2 is 2.08 bits per heavy atom. The molecule has 0 aromatic carbocycles. The van der Waals surface area contributed by atoms with Crippen molar-refractivity contribution in [3.63, 3.8) is 0 Å². The molecule has 0 bridgehead atoms. The van der Waals surface area contributed by atoms with E-state index < -0.39 is 18.6 Å². The van der Waals surface area contributed by atoms with Crippen LogP contribution in [0.2, 0.25) is 0 Å². The summed E-state index contributed by atoms with van der Waals surface area (Å²) in [5, 5.41) is 0. The minimum Gasteiger partial charge on any atom is -0.463 e. The van der Waals surface area contributed by atoms with Gasteiger partial charge in [-0.3, -0.25) is 0 Å². The van der Waals surface area contributed by atoms with E-state index in [2.05, 4.69) is 4.74 Å². The van der Waals surface area contributed by atoms with Crippen LogP contribution in [-0.4, -0.2) is 25.2 Å². The van der Waals surface area contributed by atoms with E-state index in [1.165, 1.54) is 0 Å². The lowest BCUT2D eigenvalue weighted by Gasteiger charge is -1.99. The summed E-state index contributed by atoms with van der Waals surface area (Å²) in [7, 11) is 0. The average molecular weight is 182 g/mol. The lowest BCUT2D eigenvalue weighted by molar-refractivity contribution is -0.137. The smallest absolute Gasteiger partial charge is 0.330 e. The predicted octanol–water partition coefficient (Wildman–Crippen LogP) is 1.71. The van der Waals surface area contributed by atoms with E-state index in [1.54, 1.807) is 6.92 Å². The van der Waals surface area contributed by atoms with Crippen LogP contribution in [0.25, 0.3) is 0 Å². The topological polar surface area (TPSA) is 26.3 Å². The summed E-state index contributed by atoms with van der Waals surface area (Å²) in [6.07, 6.45) is -4.38. The van der Waals surface area contributed by atoms with E-state index in [-0.39, 0.29) is 6.61 Å². The number of hydrogen-bond acceptors (Lipinski definition) is 2. The number of rotatable bonds is 4. The number of carbonyl (C=O) groups is 1. The van der Waals surface area contributed by atoms with Crippen LogP contribution in [0.5, 0.6) is 0 Å². The summed E-state index contributed by atoms with van der Waals surface area (Å²) in [5.74, 6) is -0.819. The Hall–Kier alpha value is -1.00. The van der Waals surface area contributed by atoms with Crippen LogP contribution in [0.15, 0.2) is 12.2 Å². The molecule has 0 saturated carbocycles. The number of ether oxygens (including phenoxy) is 1. The lowest BCUT2D eigenvalue weighted by atomic mass is 10.3. The Kier molecular flexibility index (Phi) is 5.16. The summed E-state index contributed by atoms with van der Waals surface area (Å²) >= 11 is 0. The first-order chi connectivity index (χ1) is 5.57. The van der Waals surface area contributed by atoms with Crippen molar-refractivity contribution in [2.45, 2.75) is 19.5 Å². The second-order valence-electron chi connectivity index (χ2n) is 1.89. The monoisotopic (exact) mass is 182 g/mol. The zero-order chi connectivity index (χ0) is 9.56. The highest BCUT2D eigenvalue weighted by molar-refractivity contribution is 5.81. The minimum absolute atomic E-state index is 0.134. The van der Waals surface area contributed by atoms with Crippen molar-refractivity contribution in [3.05, 3.63) is 12.2 Å². The number of alkyl halides is 3. The molecule has 1 unspecified atom stereocenters. The van der Waals surface area contributed by atoms with Crippen LogP contribution in [0.3, 0.4) is 0 Å². The molecule has 70 valence electrons. The second kappa shape index (κ2) is 5.62. The van der Waals surface area contributed by atoms with Gasteiger partial charge in [-0.1, -0.05) is 0 Å². The molecule has 0 rings (SSSR count). The summed E-state index contributed by atoms with van der Waals surface area (Å²) in [6, 6.07) is 0. The van der Waals surface area contributed by atoms with Crippen molar-refractivity contribution in [2.75, 3.05) is 6.61 Å². The van der Waals surface area contributed by atoms with Crippen molar-refractivity contribution in [3.8, 4) is 0 Å². The van der Waals surface area contributed by atoms with E-state index in [1.807, 2.05) is 0 Å². The van der Waals surface area contributed by atoms with Gasteiger partial charge in [0.25, 0.3) is 6.43 Å². The number of esters is 1. The molecule has 5 heteroatoms. The summed E-state index contributed by atoms with van der Waals surface area (Å²) in [4.78, 5) is 10.4. The molecule has 0 fully saturated rings. The van der Waals surface area contributed by atoms with Gasteiger partial charge < -0.3 is 4.74 Å². The first-order valence-electron chi connectivity index (χ1n) is 3.35. The third-order valence-electron chi connectivity index (χ3n) is 0.943. The fraction of sp³-hybridized carbons (Fsp3) is 0.571. The molecule has 0 aliphatic rings. The van der Waals surface area contributed by atoms with Gasteiger partial charge in [-0.2, -0.15) is 0 Å². The third kappa shape index (κ3) is 4.76. The van der Waals surface area contributed by atoms with Gasteiger partial charge in [-0.25, -0.2) is 18.0 Å². The van der Waals surface area contributed by atoms with Crippen molar-refractivity contribution in [1.82, 2.24) is 0 Å². The highest BCUT2D eigenvalue weighted by Gasteiger charge is 2.15. The van der Waals surface area contributed by atoms with Gasteiger partial charge in [0.1, 0.15) is 0 Å². The Labute approximate surface area is 68.0 Å². The maximum absolute atomic E-state index is 12.1. The third-order valence-corrected chi connectivity index (χ3v) is 0.943. The van der Waals surface area contributed by atoms with E-state index in [0.717, 1.165) is 0 Å². The number of halogens is 3. The second-order valence-corrected chi connectivity index (χ2v) is 1.89. The van der Waals surface area contributed by atoms with Gasteiger partial charge in [0, 0.05) is 6.08 Å². The molecular weight excluding hydrogens is 173 g/mol. The molecule has 0 aliphatic heterocycles. The van der Waals surface area contributed by atoms with Crippen molar-refractivity contribution < 1.29 is 22.7 Å². The van der Waals surface area contributed by atoms with Crippen molar-refractivity contribution >= 4 is 5.97 Å². The Balaban J connectivity index is 3.81. The quantitative estimate of drug-likeness (QED) is 0.488. The van der Waals surface area contributed by atoms with Gasteiger partial charge in [0.15, 0.2) is 6.17 Å². The standard InChI is InChI=1S/C7H9F3O2/c1-2-12-6(11)4-3-5(8)7(9)10/h3-5,7H,2H2,1H3. The highest BCUT2D eigenvalue weighted by atomic mass is 19.3. The number of hydrogen-bond donors (Lipinski definition) is 0. The Morgan fingerprint density at radius 1 is 1.50 bits per heavy atom. The van der Waals surface area contributed by atoms with Crippen molar-refractivity contribution in [1.29, 1.82) is 0 Å². The van der Waals surface area contributed by atoms with Crippen LogP contribution in [0.1, 0.15) is 6.92 Å². The predicted molar refractivity (Wildman–Crippen MR) is 36.7 cm³/mol. The largest absolute Gasteiger partial charge is 0.463 e. The van der Waals surface area contributed by atoms with Gasteiger partial charge in [-0.15, -0.1) is 0 Å². The summed E-state index contributed by atoms with van der Waals surface area (Å²) in [6.45, 7) is 1.70. The maximum Gasteiger partial charge on any atom is 0.330 e. The molecule has 0 radical (unpaired) electrons. The molecule has 0 aromatic rings. The number of allylic oxidation sites excluding steroid dienone is 1. The normalized spacial score (nSPS) is 13.8. The lowest BCUT2D eigenvalue weighted by Crippen LogP contribution is -2.09. The molecule has 0 N–H and O–H groups in total. The van der Waals surface area contributed by atoms with Gasteiger partial charge in [0.05, 0.1) is 6.61 Å². The molecule has 12 heavy (non-hydrogen) atoms. The Morgan fingerprint density at radius 3 is 2.50 bits per heavy atom. The molecule has 0 heterocycles. The maximum atomic E-state index is 12.1. The van der Waals surface area contributed by atoms with E-state index in [4.69, 9.17) is 0 Å². The van der Waals surface area contributed by atoms with E-state index >= 15 is 0 Å². The minimum atomic E-state index is -3.10. The molecule has 0 spiro atoms. The van der Waals surface area contributed by atoms with Crippen LogP contribution in [-0.2, 0) is 9.53 Å². The summed E-state index contributed by atoms with van der Waals surface area (Å²) < 4.78 is 39.4. The van der Waals surface area contributed by atoms with E-state index in [9.17, 15) is 18.0 Å². The van der Waals surface area contributed by atoms with E-state index in [0.29, 0.717) is 12.2 Å². The zero-order valence-corrected chi connectivity index (χ0v) is 6.47. The molecule has 0 saturated heterocycles. The fourth-order valence-corrected chi connectivity index (χ4v) is 0.445. The van der Waals surface area contributed by atoms with Gasteiger partial charge in [0.2, 0.25) is 0 Å². The first kappa shape index (κ1) is 11.0. The van der Waals surface area contributed by atoms with Crippen LogP contribution in [0.4, 0.5) is 13.2 Å². The van der Waals surface area contributed by atoms with Crippen LogP contribution >= 0.6 is 0 Å². The molecule has 1 atom stereocenters.